The predicted octanol–water partition coefficient (Wildman–Crippen LogP) is 3.99. The lowest BCUT2D eigenvalue weighted by Crippen LogP contribution is -2.35. The van der Waals surface area contributed by atoms with Crippen LogP contribution >= 0.6 is 0 Å². The monoisotopic (exact) mass is 424 g/mol. The standard InChI is InChI=1S/C23H28N4O4/c1-17-7-10-19(11-8-17)24-22(28)16-25(2)23(29)18-9-12-20(21(15-18)27(30)31)26-13-5-3-4-6-14-26/h7-12,15H,3-6,13-14,16H2,1-2H3,(H,24,28). The molecule has 8 nitrogen and oxygen atoms in total. The average molecular weight is 425 g/mol. The Morgan fingerprint density at radius 3 is 2.32 bits per heavy atom. The van der Waals surface area contributed by atoms with E-state index >= 15 is 0 Å². The van der Waals surface area contributed by atoms with E-state index in [0.717, 1.165) is 44.3 Å². The van der Waals surface area contributed by atoms with Gasteiger partial charge < -0.3 is 15.1 Å². The summed E-state index contributed by atoms with van der Waals surface area (Å²) in [5.41, 5.74) is 2.38. The van der Waals surface area contributed by atoms with E-state index in [2.05, 4.69) is 5.32 Å². The number of anilines is 2. The Labute approximate surface area is 182 Å². The van der Waals surface area contributed by atoms with Crippen molar-refractivity contribution < 1.29 is 14.5 Å². The second kappa shape index (κ2) is 10.1. The van der Waals surface area contributed by atoms with Gasteiger partial charge in [0.2, 0.25) is 5.91 Å². The van der Waals surface area contributed by atoms with E-state index in [9.17, 15) is 19.7 Å². The summed E-state index contributed by atoms with van der Waals surface area (Å²) < 4.78 is 0. The highest BCUT2D eigenvalue weighted by atomic mass is 16.6. The van der Waals surface area contributed by atoms with Crippen LogP contribution in [0, 0.1) is 17.0 Å². The fourth-order valence-corrected chi connectivity index (χ4v) is 3.73. The van der Waals surface area contributed by atoms with Gasteiger partial charge in [-0.05, 0) is 44.0 Å². The van der Waals surface area contributed by atoms with E-state index in [1.54, 1.807) is 24.3 Å². The van der Waals surface area contributed by atoms with Crippen molar-refractivity contribution in [3.8, 4) is 0 Å². The molecule has 1 N–H and O–H groups in total. The molecule has 2 amide bonds. The smallest absolute Gasteiger partial charge is 0.293 e. The molecular formula is C23H28N4O4. The third-order valence-corrected chi connectivity index (χ3v) is 5.43. The van der Waals surface area contributed by atoms with Gasteiger partial charge in [-0.1, -0.05) is 30.5 Å². The van der Waals surface area contributed by atoms with Crippen LogP contribution in [0.4, 0.5) is 17.1 Å². The Hall–Kier alpha value is -3.42. The molecule has 0 aromatic heterocycles. The third kappa shape index (κ3) is 5.81. The van der Waals surface area contributed by atoms with Crippen molar-refractivity contribution in [2.75, 3.05) is 36.9 Å². The molecule has 0 aliphatic carbocycles. The Kier molecular flexibility index (Phi) is 7.23. The van der Waals surface area contributed by atoms with Crippen molar-refractivity contribution in [2.45, 2.75) is 32.6 Å². The van der Waals surface area contributed by atoms with Gasteiger partial charge in [-0.25, -0.2) is 0 Å². The zero-order valence-corrected chi connectivity index (χ0v) is 18.0. The van der Waals surface area contributed by atoms with E-state index in [1.165, 1.54) is 18.0 Å². The quantitative estimate of drug-likeness (QED) is 0.559. The van der Waals surface area contributed by atoms with Gasteiger partial charge >= 0.3 is 0 Å². The van der Waals surface area contributed by atoms with Crippen molar-refractivity contribution in [1.82, 2.24) is 4.90 Å². The normalized spacial score (nSPS) is 13.9. The van der Waals surface area contributed by atoms with Gasteiger partial charge in [-0.15, -0.1) is 0 Å². The van der Waals surface area contributed by atoms with Crippen molar-refractivity contribution >= 4 is 28.9 Å². The summed E-state index contributed by atoms with van der Waals surface area (Å²) in [7, 11) is 1.51. The van der Waals surface area contributed by atoms with Gasteiger partial charge in [0.1, 0.15) is 5.69 Å². The Bertz CT molecular complexity index is 951. The van der Waals surface area contributed by atoms with Crippen LogP contribution in [0.5, 0.6) is 0 Å². The van der Waals surface area contributed by atoms with Crippen molar-refractivity contribution in [1.29, 1.82) is 0 Å². The minimum Gasteiger partial charge on any atom is -0.366 e. The SMILES string of the molecule is Cc1ccc(NC(=O)CN(C)C(=O)c2ccc(N3CCCCCC3)c([N+](=O)[O-])c2)cc1. The predicted molar refractivity (Wildman–Crippen MR) is 121 cm³/mol. The number of aryl methyl sites for hydroxylation is 1. The molecule has 2 aromatic carbocycles. The number of rotatable bonds is 6. The summed E-state index contributed by atoms with van der Waals surface area (Å²) in [4.78, 5) is 39.6. The molecule has 3 rings (SSSR count). The van der Waals surface area contributed by atoms with Crippen molar-refractivity contribution in [3.05, 3.63) is 63.7 Å². The van der Waals surface area contributed by atoms with Crippen molar-refractivity contribution in [2.24, 2.45) is 0 Å². The Morgan fingerprint density at radius 2 is 1.71 bits per heavy atom. The number of nitro groups is 1. The second-order valence-electron chi connectivity index (χ2n) is 7.94. The van der Waals surface area contributed by atoms with Gasteiger partial charge in [0, 0.05) is 37.5 Å². The molecule has 1 saturated heterocycles. The minimum atomic E-state index is -0.443. The van der Waals surface area contributed by atoms with Crippen LogP contribution in [0.2, 0.25) is 0 Å². The van der Waals surface area contributed by atoms with Crippen LogP contribution in [0.25, 0.3) is 0 Å². The summed E-state index contributed by atoms with van der Waals surface area (Å²) in [6, 6.07) is 11.9. The molecule has 0 saturated carbocycles. The summed E-state index contributed by atoms with van der Waals surface area (Å²) in [6.45, 7) is 3.34. The first-order chi connectivity index (χ1) is 14.8. The third-order valence-electron chi connectivity index (χ3n) is 5.43. The van der Waals surface area contributed by atoms with E-state index in [-0.39, 0.29) is 23.7 Å². The van der Waals surface area contributed by atoms with E-state index < -0.39 is 10.8 Å². The molecule has 0 spiro atoms. The zero-order chi connectivity index (χ0) is 22.4. The summed E-state index contributed by atoms with van der Waals surface area (Å²) >= 11 is 0. The lowest BCUT2D eigenvalue weighted by molar-refractivity contribution is -0.384. The maximum Gasteiger partial charge on any atom is 0.293 e. The van der Waals surface area contributed by atoms with Gasteiger partial charge in [0.15, 0.2) is 0 Å². The van der Waals surface area contributed by atoms with Crippen molar-refractivity contribution in [3.63, 3.8) is 0 Å². The molecule has 31 heavy (non-hydrogen) atoms. The summed E-state index contributed by atoms with van der Waals surface area (Å²) in [5.74, 6) is -0.778. The number of likely N-dealkylation sites (N-methyl/N-ethyl adjacent to an activating group) is 1. The zero-order valence-electron chi connectivity index (χ0n) is 18.0. The van der Waals surface area contributed by atoms with Gasteiger partial charge in [-0.2, -0.15) is 0 Å². The lowest BCUT2D eigenvalue weighted by Gasteiger charge is -2.23. The molecule has 0 radical (unpaired) electrons. The molecule has 0 bridgehead atoms. The number of benzene rings is 2. The van der Waals surface area contributed by atoms with Crippen LogP contribution in [-0.4, -0.2) is 48.3 Å². The van der Waals surface area contributed by atoms with Gasteiger partial charge in [0.05, 0.1) is 11.5 Å². The number of nitrogens with one attached hydrogen (secondary N) is 1. The van der Waals surface area contributed by atoms with Crippen LogP contribution in [0.3, 0.4) is 0 Å². The van der Waals surface area contributed by atoms with E-state index in [0.29, 0.717) is 11.4 Å². The molecule has 1 fully saturated rings. The molecular weight excluding hydrogens is 396 g/mol. The van der Waals surface area contributed by atoms with Gasteiger partial charge in [0.25, 0.3) is 11.6 Å². The highest BCUT2D eigenvalue weighted by Gasteiger charge is 2.24. The number of carbonyl (C=O) groups excluding carboxylic acids is 2. The van der Waals surface area contributed by atoms with E-state index in [1.807, 2.05) is 24.0 Å². The number of hydrogen-bond donors (Lipinski definition) is 1. The van der Waals surface area contributed by atoms with Crippen LogP contribution < -0.4 is 10.2 Å². The van der Waals surface area contributed by atoms with Crippen LogP contribution in [-0.2, 0) is 4.79 Å². The minimum absolute atomic E-state index is 0.0785. The highest BCUT2D eigenvalue weighted by Crippen LogP contribution is 2.31. The second-order valence-corrected chi connectivity index (χ2v) is 7.94. The van der Waals surface area contributed by atoms with Crippen LogP contribution in [0.15, 0.2) is 42.5 Å². The Balaban J connectivity index is 1.71. The molecule has 1 aliphatic heterocycles. The average Bonchev–Trinajstić information content (AvgIpc) is 3.03. The molecule has 1 aliphatic rings. The van der Waals surface area contributed by atoms with E-state index in [4.69, 9.17) is 0 Å². The first-order valence-corrected chi connectivity index (χ1v) is 10.5. The van der Waals surface area contributed by atoms with Crippen LogP contribution in [0.1, 0.15) is 41.6 Å². The first kappa shape index (κ1) is 22.3. The topological polar surface area (TPSA) is 95.8 Å². The molecule has 8 heteroatoms. The molecule has 2 aromatic rings. The summed E-state index contributed by atoms with van der Waals surface area (Å²) in [6.07, 6.45) is 4.24. The lowest BCUT2D eigenvalue weighted by atomic mass is 10.1. The fourth-order valence-electron chi connectivity index (χ4n) is 3.73. The van der Waals surface area contributed by atoms with Gasteiger partial charge in [-0.3, -0.25) is 19.7 Å². The molecule has 164 valence electrons. The highest BCUT2D eigenvalue weighted by molar-refractivity contribution is 6.00. The maximum atomic E-state index is 12.8. The largest absolute Gasteiger partial charge is 0.366 e. The first-order valence-electron chi connectivity index (χ1n) is 10.5. The fraction of sp³-hybridized carbons (Fsp3) is 0.391. The molecule has 0 atom stereocenters. The number of amides is 2. The molecule has 1 heterocycles. The Morgan fingerprint density at radius 1 is 1.06 bits per heavy atom. The number of carbonyl (C=O) groups is 2. The summed E-state index contributed by atoms with van der Waals surface area (Å²) in [5, 5.41) is 14.4. The molecule has 0 unspecified atom stereocenters. The number of nitrogens with zero attached hydrogens (tertiary/aromatic N) is 3. The number of nitro benzene ring substituents is 1. The maximum absolute atomic E-state index is 12.8. The number of hydrogen-bond acceptors (Lipinski definition) is 5.